The van der Waals surface area contributed by atoms with Crippen molar-refractivity contribution in [2.75, 3.05) is 6.54 Å². The van der Waals surface area contributed by atoms with Crippen molar-refractivity contribution in [1.29, 1.82) is 0 Å². The number of para-hydroxylation sites is 1. The molecule has 2 heterocycles. The molecule has 0 aliphatic heterocycles. The fourth-order valence-corrected chi connectivity index (χ4v) is 2.87. The second-order valence-corrected chi connectivity index (χ2v) is 6.23. The van der Waals surface area contributed by atoms with Gasteiger partial charge in [0, 0.05) is 11.9 Å². The molecular formula is C15H17N3OS. The lowest BCUT2D eigenvalue weighted by Crippen LogP contribution is -2.18. The van der Waals surface area contributed by atoms with Crippen LogP contribution in [0.25, 0.3) is 21.5 Å². The van der Waals surface area contributed by atoms with E-state index in [-0.39, 0.29) is 0 Å². The molecule has 0 unspecified atom stereocenters. The molecule has 0 radical (unpaired) electrons. The average molecular weight is 287 g/mol. The topological polar surface area (TPSA) is 51.0 Å². The first kappa shape index (κ1) is 13.3. The predicted octanol–water partition coefficient (Wildman–Crippen LogP) is 3.70. The minimum absolute atomic E-state index is 0.639. The molecule has 104 valence electrons. The fourth-order valence-electron chi connectivity index (χ4n) is 2.05. The molecule has 0 saturated heterocycles. The summed E-state index contributed by atoms with van der Waals surface area (Å²) >= 11 is 1.61. The predicted molar refractivity (Wildman–Crippen MR) is 81.7 cm³/mol. The summed E-state index contributed by atoms with van der Waals surface area (Å²) in [6.45, 7) is 6.14. The van der Waals surface area contributed by atoms with Crippen molar-refractivity contribution in [2.24, 2.45) is 5.92 Å². The lowest BCUT2D eigenvalue weighted by Gasteiger charge is -2.03. The van der Waals surface area contributed by atoms with E-state index in [4.69, 9.17) is 4.42 Å². The van der Waals surface area contributed by atoms with Crippen LogP contribution in [0.15, 0.2) is 34.9 Å². The summed E-state index contributed by atoms with van der Waals surface area (Å²) in [6, 6.07) is 7.99. The van der Waals surface area contributed by atoms with E-state index >= 15 is 0 Å². The number of rotatable bonds is 5. The Hall–Kier alpha value is -1.72. The molecule has 5 heteroatoms. The van der Waals surface area contributed by atoms with Crippen molar-refractivity contribution in [3.05, 3.63) is 35.5 Å². The van der Waals surface area contributed by atoms with Gasteiger partial charge in [0.1, 0.15) is 16.9 Å². The summed E-state index contributed by atoms with van der Waals surface area (Å²) in [6.07, 6.45) is 1.76. The normalized spacial score (nSPS) is 11.6. The molecule has 3 rings (SSSR count). The van der Waals surface area contributed by atoms with Crippen LogP contribution in [0.3, 0.4) is 0 Å². The van der Waals surface area contributed by atoms with Gasteiger partial charge in [0.2, 0.25) is 0 Å². The van der Waals surface area contributed by atoms with Gasteiger partial charge in [-0.25, -0.2) is 0 Å². The zero-order valence-corrected chi connectivity index (χ0v) is 12.4. The van der Waals surface area contributed by atoms with Crippen LogP contribution in [0.4, 0.5) is 0 Å². The van der Waals surface area contributed by atoms with Crippen molar-refractivity contribution in [3.63, 3.8) is 0 Å². The second kappa shape index (κ2) is 5.73. The Morgan fingerprint density at radius 1 is 1.25 bits per heavy atom. The van der Waals surface area contributed by atoms with Crippen LogP contribution in [0.1, 0.15) is 18.9 Å². The number of nitrogens with one attached hydrogen (secondary N) is 1. The smallest absolute Gasteiger partial charge is 0.151 e. The fraction of sp³-hybridized carbons (Fsp3) is 0.333. The zero-order chi connectivity index (χ0) is 13.9. The third-order valence-corrected chi connectivity index (χ3v) is 3.96. The van der Waals surface area contributed by atoms with Gasteiger partial charge in [-0.1, -0.05) is 43.4 Å². The maximum absolute atomic E-state index is 5.55. The molecule has 1 N–H and O–H groups in total. The summed E-state index contributed by atoms with van der Waals surface area (Å²) in [5.74, 6) is 0.639. The van der Waals surface area contributed by atoms with E-state index < -0.39 is 0 Å². The molecule has 2 aromatic heterocycles. The summed E-state index contributed by atoms with van der Waals surface area (Å²) < 4.78 is 5.55. The van der Waals surface area contributed by atoms with E-state index in [0.717, 1.165) is 39.6 Å². The van der Waals surface area contributed by atoms with E-state index in [1.165, 1.54) is 0 Å². The molecule has 20 heavy (non-hydrogen) atoms. The largest absolute Gasteiger partial charge is 0.464 e. The van der Waals surface area contributed by atoms with Gasteiger partial charge < -0.3 is 9.73 Å². The summed E-state index contributed by atoms with van der Waals surface area (Å²) in [5.41, 5.74) is 1.91. The maximum Gasteiger partial charge on any atom is 0.151 e. The van der Waals surface area contributed by atoms with Crippen molar-refractivity contribution in [2.45, 2.75) is 20.4 Å². The minimum Gasteiger partial charge on any atom is -0.464 e. The highest BCUT2D eigenvalue weighted by atomic mass is 32.1. The van der Waals surface area contributed by atoms with E-state index in [1.54, 1.807) is 17.6 Å². The molecular weight excluding hydrogens is 270 g/mol. The highest BCUT2D eigenvalue weighted by Gasteiger charge is 2.12. The maximum atomic E-state index is 5.55. The van der Waals surface area contributed by atoms with Crippen molar-refractivity contribution < 1.29 is 4.42 Å². The van der Waals surface area contributed by atoms with Gasteiger partial charge in [0.25, 0.3) is 0 Å². The number of hydrogen-bond donors (Lipinski definition) is 1. The number of benzene rings is 1. The van der Waals surface area contributed by atoms with Crippen molar-refractivity contribution in [1.82, 2.24) is 15.5 Å². The monoisotopic (exact) mass is 287 g/mol. The second-order valence-electron chi connectivity index (χ2n) is 5.17. The van der Waals surface area contributed by atoms with E-state index in [1.807, 2.05) is 24.3 Å². The number of aromatic nitrogens is 2. The molecule has 0 spiro atoms. The molecule has 0 saturated carbocycles. The van der Waals surface area contributed by atoms with Crippen molar-refractivity contribution >= 4 is 22.3 Å². The summed E-state index contributed by atoms with van der Waals surface area (Å²) in [4.78, 5) is 0. The first-order chi connectivity index (χ1) is 9.74. The molecule has 4 nitrogen and oxygen atoms in total. The van der Waals surface area contributed by atoms with Crippen molar-refractivity contribution in [3.8, 4) is 10.6 Å². The SMILES string of the molecule is CC(C)CNCc1nnc(-c2coc3ccccc23)s1. The first-order valence-electron chi connectivity index (χ1n) is 6.73. The lowest BCUT2D eigenvalue weighted by molar-refractivity contribution is 0.550. The zero-order valence-electron chi connectivity index (χ0n) is 11.6. The Labute approximate surface area is 121 Å². The molecule has 3 aromatic rings. The first-order valence-corrected chi connectivity index (χ1v) is 7.55. The minimum atomic E-state index is 0.639. The van der Waals surface area contributed by atoms with Crippen LogP contribution in [-0.2, 0) is 6.54 Å². The third-order valence-electron chi connectivity index (χ3n) is 3.01. The van der Waals surface area contributed by atoms with Crippen LogP contribution < -0.4 is 5.32 Å². The Balaban J connectivity index is 1.79. The van der Waals surface area contributed by atoms with Crippen LogP contribution in [-0.4, -0.2) is 16.7 Å². The van der Waals surface area contributed by atoms with Crippen LogP contribution in [0, 0.1) is 5.92 Å². The highest BCUT2D eigenvalue weighted by Crippen LogP contribution is 2.32. The van der Waals surface area contributed by atoms with Gasteiger partial charge in [-0.05, 0) is 18.5 Å². The number of fused-ring (bicyclic) bond motifs is 1. The molecule has 0 atom stereocenters. The Morgan fingerprint density at radius 2 is 2.10 bits per heavy atom. The molecule has 0 aliphatic rings. The highest BCUT2D eigenvalue weighted by molar-refractivity contribution is 7.14. The van der Waals surface area contributed by atoms with Gasteiger partial charge >= 0.3 is 0 Å². The summed E-state index contributed by atoms with van der Waals surface area (Å²) in [5, 5.41) is 14.9. The van der Waals surface area contributed by atoms with Gasteiger partial charge in [0.05, 0.1) is 5.56 Å². The van der Waals surface area contributed by atoms with Crippen LogP contribution in [0.2, 0.25) is 0 Å². The number of nitrogens with zero attached hydrogens (tertiary/aromatic N) is 2. The lowest BCUT2D eigenvalue weighted by atomic mass is 10.2. The molecule has 0 fully saturated rings. The summed E-state index contributed by atoms with van der Waals surface area (Å²) in [7, 11) is 0. The third kappa shape index (κ3) is 2.73. The van der Waals surface area contributed by atoms with Gasteiger partial charge in [0.15, 0.2) is 5.01 Å². The van der Waals surface area contributed by atoms with Crippen LogP contribution >= 0.6 is 11.3 Å². The van der Waals surface area contributed by atoms with Gasteiger partial charge in [-0.15, -0.1) is 10.2 Å². The average Bonchev–Trinajstić information content (AvgIpc) is 3.04. The molecule has 0 bridgehead atoms. The molecule has 1 aromatic carbocycles. The quantitative estimate of drug-likeness (QED) is 0.777. The van der Waals surface area contributed by atoms with E-state index in [0.29, 0.717) is 5.92 Å². The Bertz CT molecular complexity index is 702. The Kier molecular flexibility index (Phi) is 3.80. The van der Waals surface area contributed by atoms with Crippen LogP contribution in [0.5, 0.6) is 0 Å². The van der Waals surface area contributed by atoms with Gasteiger partial charge in [-0.2, -0.15) is 0 Å². The number of hydrogen-bond acceptors (Lipinski definition) is 5. The Morgan fingerprint density at radius 3 is 2.95 bits per heavy atom. The van der Waals surface area contributed by atoms with E-state index in [9.17, 15) is 0 Å². The molecule has 0 aliphatic carbocycles. The number of furan rings is 1. The molecule has 0 amide bonds. The van der Waals surface area contributed by atoms with Gasteiger partial charge in [-0.3, -0.25) is 0 Å². The van der Waals surface area contributed by atoms with E-state index in [2.05, 4.69) is 29.4 Å². The standard InChI is InChI=1S/C15H17N3OS/c1-10(2)7-16-8-14-17-18-15(20-14)12-9-19-13-6-4-3-5-11(12)13/h3-6,9-10,16H,7-8H2,1-2H3.